The van der Waals surface area contributed by atoms with Gasteiger partial charge < -0.3 is 21.8 Å². The average Bonchev–Trinajstić information content (AvgIpc) is 2.73. The molecule has 0 amide bonds. The van der Waals surface area contributed by atoms with E-state index in [1.165, 1.54) is 6.21 Å². The van der Waals surface area contributed by atoms with Gasteiger partial charge in [-0.25, -0.2) is 0 Å². The lowest BCUT2D eigenvalue weighted by molar-refractivity contribution is 0.793. The lowest BCUT2D eigenvalue weighted by atomic mass is 10.1. The molecular weight excluding hydrogens is 188 g/mol. The molecule has 0 saturated carbocycles. The largest absolute Gasteiger partial charge is 0.398 e. The van der Waals surface area contributed by atoms with Gasteiger partial charge in [-0.05, 0) is 31.2 Å². The van der Waals surface area contributed by atoms with Crippen LogP contribution in [0.5, 0.6) is 0 Å². The molecule has 1 aliphatic rings. The van der Waals surface area contributed by atoms with Gasteiger partial charge in [0, 0.05) is 35.7 Å². The Labute approximate surface area is 89.4 Å². The van der Waals surface area contributed by atoms with E-state index in [1.54, 1.807) is 0 Å². The molecule has 1 aromatic rings. The van der Waals surface area contributed by atoms with Crippen LogP contribution in [0.2, 0.25) is 0 Å². The van der Waals surface area contributed by atoms with E-state index in [1.807, 2.05) is 18.2 Å². The molecule has 4 heteroatoms. The van der Waals surface area contributed by atoms with Gasteiger partial charge in [-0.15, -0.1) is 0 Å². The zero-order valence-corrected chi connectivity index (χ0v) is 8.59. The van der Waals surface area contributed by atoms with E-state index in [4.69, 9.17) is 11.1 Å². The summed E-state index contributed by atoms with van der Waals surface area (Å²) in [5, 5.41) is 13.9. The highest BCUT2D eigenvalue weighted by atomic mass is 15.0. The van der Waals surface area contributed by atoms with Crippen LogP contribution in [-0.2, 0) is 0 Å². The summed E-state index contributed by atoms with van der Waals surface area (Å²) in [4.78, 5) is 0. The Balaban J connectivity index is 2.10. The zero-order valence-electron chi connectivity index (χ0n) is 8.59. The molecule has 0 bridgehead atoms. The SMILES string of the molecule is N=Cc1cc(NC2CCNC2)ccc1N. The molecule has 5 N–H and O–H groups in total. The Morgan fingerprint density at radius 3 is 3.07 bits per heavy atom. The number of hydrogen-bond donors (Lipinski definition) is 4. The number of hydrogen-bond acceptors (Lipinski definition) is 4. The Bertz CT molecular complexity index is 356. The maximum atomic E-state index is 7.22. The Morgan fingerprint density at radius 2 is 2.40 bits per heavy atom. The number of nitrogens with one attached hydrogen (secondary N) is 3. The van der Waals surface area contributed by atoms with Crippen molar-refractivity contribution < 1.29 is 0 Å². The molecule has 0 radical (unpaired) electrons. The van der Waals surface area contributed by atoms with E-state index in [2.05, 4.69) is 10.6 Å². The molecule has 0 aliphatic carbocycles. The molecule has 1 atom stereocenters. The van der Waals surface area contributed by atoms with Crippen LogP contribution in [0.4, 0.5) is 11.4 Å². The molecule has 80 valence electrons. The molecule has 1 unspecified atom stereocenters. The normalized spacial score (nSPS) is 20.1. The summed E-state index contributed by atoms with van der Waals surface area (Å²) in [6.45, 7) is 2.08. The van der Waals surface area contributed by atoms with Crippen LogP contribution in [0.3, 0.4) is 0 Å². The van der Waals surface area contributed by atoms with Crippen molar-refractivity contribution in [1.82, 2.24) is 5.32 Å². The standard InChI is InChI=1S/C11H16N4/c12-6-8-5-9(1-2-11(8)13)15-10-3-4-14-7-10/h1-2,5-6,10,12,14-15H,3-4,7,13H2. The van der Waals surface area contributed by atoms with E-state index < -0.39 is 0 Å². The first-order valence-corrected chi connectivity index (χ1v) is 5.17. The van der Waals surface area contributed by atoms with Crippen LogP contribution in [-0.4, -0.2) is 25.3 Å². The van der Waals surface area contributed by atoms with Gasteiger partial charge in [0.2, 0.25) is 0 Å². The van der Waals surface area contributed by atoms with E-state index in [0.29, 0.717) is 11.7 Å². The number of nitrogen functional groups attached to an aromatic ring is 1. The van der Waals surface area contributed by atoms with E-state index in [-0.39, 0.29) is 0 Å². The third-order valence-electron chi connectivity index (χ3n) is 2.67. The molecule has 1 fully saturated rings. The van der Waals surface area contributed by atoms with Crippen molar-refractivity contribution in [2.75, 3.05) is 24.1 Å². The number of rotatable bonds is 3. The fraction of sp³-hybridized carbons (Fsp3) is 0.364. The van der Waals surface area contributed by atoms with Crippen molar-refractivity contribution in [2.24, 2.45) is 0 Å². The predicted molar refractivity (Wildman–Crippen MR) is 63.6 cm³/mol. The lowest BCUT2D eigenvalue weighted by Crippen LogP contribution is -2.22. The highest BCUT2D eigenvalue weighted by molar-refractivity contribution is 5.86. The maximum absolute atomic E-state index is 7.22. The fourth-order valence-electron chi connectivity index (χ4n) is 1.80. The molecule has 1 heterocycles. The topological polar surface area (TPSA) is 73.9 Å². The van der Waals surface area contributed by atoms with Gasteiger partial charge in [0.15, 0.2) is 0 Å². The highest BCUT2D eigenvalue weighted by Gasteiger charge is 2.13. The second kappa shape index (κ2) is 4.31. The van der Waals surface area contributed by atoms with Crippen molar-refractivity contribution >= 4 is 17.6 Å². The first-order chi connectivity index (χ1) is 7.29. The van der Waals surface area contributed by atoms with E-state index in [0.717, 1.165) is 30.8 Å². The van der Waals surface area contributed by atoms with Gasteiger partial charge in [-0.1, -0.05) is 0 Å². The first kappa shape index (κ1) is 9.98. The van der Waals surface area contributed by atoms with Gasteiger partial charge >= 0.3 is 0 Å². The summed E-state index contributed by atoms with van der Waals surface area (Å²) in [7, 11) is 0. The molecule has 1 aliphatic heterocycles. The molecule has 1 aromatic carbocycles. The van der Waals surface area contributed by atoms with Crippen molar-refractivity contribution in [2.45, 2.75) is 12.5 Å². The number of anilines is 2. The molecule has 2 rings (SSSR count). The third-order valence-corrected chi connectivity index (χ3v) is 2.67. The van der Waals surface area contributed by atoms with E-state index in [9.17, 15) is 0 Å². The predicted octanol–water partition coefficient (Wildman–Crippen LogP) is 1.04. The quantitative estimate of drug-likeness (QED) is 0.439. The number of nitrogens with two attached hydrogens (primary N) is 1. The van der Waals surface area contributed by atoms with Crippen LogP contribution in [0.1, 0.15) is 12.0 Å². The van der Waals surface area contributed by atoms with Gasteiger partial charge in [-0.2, -0.15) is 0 Å². The summed E-state index contributed by atoms with van der Waals surface area (Å²) >= 11 is 0. The summed E-state index contributed by atoms with van der Waals surface area (Å²) < 4.78 is 0. The molecular formula is C11H16N4. The monoisotopic (exact) mass is 204 g/mol. The van der Waals surface area contributed by atoms with E-state index >= 15 is 0 Å². The van der Waals surface area contributed by atoms with Gasteiger partial charge in [0.25, 0.3) is 0 Å². The zero-order chi connectivity index (χ0) is 10.7. The van der Waals surface area contributed by atoms with Crippen LogP contribution in [0.25, 0.3) is 0 Å². The minimum absolute atomic E-state index is 0.493. The van der Waals surface area contributed by atoms with Crippen LogP contribution in [0.15, 0.2) is 18.2 Å². The van der Waals surface area contributed by atoms with Crippen LogP contribution >= 0.6 is 0 Å². The van der Waals surface area contributed by atoms with Crippen molar-refractivity contribution in [3.05, 3.63) is 23.8 Å². The third kappa shape index (κ3) is 2.27. The summed E-state index contributed by atoms with van der Waals surface area (Å²) in [5.74, 6) is 0. The maximum Gasteiger partial charge on any atom is 0.0404 e. The average molecular weight is 204 g/mol. The van der Waals surface area contributed by atoms with Gasteiger partial charge in [0.05, 0.1) is 0 Å². The minimum Gasteiger partial charge on any atom is -0.398 e. The van der Waals surface area contributed by atoms with Crippen molar-refractivity contribution in [3.63, 3.8) is 0 Å². The van der Waals surface area contributed by atoms with Crippen LogP contribution in [0, 0.1) is 5.41 Å². The van der Waals surface area contributed by atoms with Crippen LogP contribution < -0.4 is 16.4 Å². The molecule has 4 nitrogen and oxygen atoms in total. The highest BCUT2D eigenvalue weighted by Crippen LogP contribution is 2.17. The summed E-state index contributed by atoms with van der Waals surface area (Å²) in [6.07, 6.45) is 2.43. The Kier molecular flexibility index (Phi) is 2.87. The fourth-order valence-corrected chi connectivity index (χ4v) is 1.80. The lowest BCUT2D eigenvalue weighted by Gasteiger charge is -2.13. The summed E-state index contributed by atoms with van der Waals surface area (Å²) in [6, 6.07) is 6.21. The molecule has 1 saturated heterocycles. The second-order valence-electron chi connectivity index (χ2n) is 3.82. The summed E-state index contributed by atoms with van der Waals surface area (Å²) in [5.41, 5.74) is 8.18. The number of benzene rings is 1. The Hall–Kier alpha value is -1.55. The molecule has 0 spiro atoms. The molecule has 0 aromatic heterocycles. The first-order valence-electron chi connectivity index (χ1n) is 5.17. The molecule has 15 heavy (non-hydrogen) atoms. The second-order valence-corrected chi connectivity index (χ2v) is 3.82. The smallest absolute Gasteiger partial charge is 0.0404 e. The van der Waals surface area contributed by atoms with Gasteiger partial charge in [0.1, 0.15) is 0 Å². The Morgan fingerprint density at radius 1 is 1.53 bits per heavy atom. The van der Waals surface area contributed by atoms with Crippen molar-refractivity contribution in [1.29, 1.82) is 5.41 Å². The van der Waals surface area contributed by atoms with Gasteiger partial charge in [-0.3, -0.25) is 0 Å². The minimum atomic E-state index is 0.493. The van der Waals surface area contributed by atoms with Crippen molar-refractivity contribution in [3.8, 4) is 0 Å².